The zero-order valence-electron chi connectivity index (χ0n) is 19.4. The number of amides is 1. The lowest BCUT2D eigenvalue weighted by atomic mass is 10.1. The molecule has 0 saturated heterocycles. The Hall–Kier alpha value is -4.57. The van der Waals surface area contributed by atoms with Crippen LogP contribution in [0.1, 0.15) is 27.2 Å². The van der Waals surface area contributed by atoms with Crippen LogP contribution in [0, 0.1) is 23.6 Å². The number of terminal acetylenes is 1. The van der Waals surface area contributed by atoms with Crippen LogP contribution in [-0.4, -0.2) is 29.9 Å². The van der Waals surface area contributed by atoms with Gasteiger partial charge in [-0.1, -0.05) is 36.3 Å². The molecule has 35 heavy (non-hydrogen) atoms. The summed E-state index contributed by atoms with van der Waals surface area (Å²) in [6.07, 6.45) is 5.37. The van der Waals surface area contributed by atoms with E-state index in [-0.39, 0.29) is 17.6 Å². The number of nitrogens with two attached hydrogens (primary N) is 1. The quantitative estimate of drug-likeness (QED) is 0.207. The largest absolute Gasteiger partial charge is 0.384 e. The number of rotatable bonds is 8. The molecular formula is C28H26FN5O. The molecule has 7 heteroatoms. The molecule has 1 aromatic heterocycles. The lowest BCUT2D eigenvalue weighted by molar-refractivity contribution is 0.0942. The van der Waals surface area contributed by atoms with Crippen molar-refractivity contribution in [1.82, 2.24) is 9.88 Å². The van der Waals surface area contributed by atoms with Gasteiger partial charge in [0.1, 0.15) is 17.3 Å². The fourth-order valence-corrected chi connectivity index (χ4v) is 3.99. The predicted molar refractivity (Wildman–Crippen MR) is 138 cm³/mol. The Morgan fingerprint density at radius 1 is 1.11 bits per heavy atom. The number of nitrogen functional groups attached to an aromatic ring is 1. The third-order valence-electron chi connectivity index (χ3n) is 5.83. The maximum absolute atomic E-state index is 13.9. The molecule has 0 aliphatic rings. The van der Waals surface area contributed by atoms with Crippen LogP contribution in [0.25, 0.3) is 10.9 Å². The van der Waals surface area contributed by atoms with Gasteiger partial charge in [0.15, 0.2) is 0 Å². The van der Waals surface area contributed by atoms with Gasteiger partial charge < -0.3 is 20.5 Å². The van der Waals surface area contributed by atoms with Gasteiger partial charge in [-0.25, -0.2) is 4.39 Å². The minimum Gasteiger partial charge on any atom is -0.384 e. The van der Waals surface area contributed by atoms with Crippen molar-refractivity contribution in [3.8, 4) is 12.3 Å². The van der Waals surface area contributed by atoms with E-state index in [1.807, 2.05) is 59.0 Å². The van der Waals surface area contributed by atoms with Gasteiger partial charge in [-0.2, -0.15) is 0 Å². The second kappa shape index (κ2) is 10.1. The van der Waals surface area contributed by atoms with Gasteiger partial charge in [0.2, 0.25) is 0 Å². The average Bonchev–Trinajstić information content (AvgIpc) is 3.20. The summed E-state index contributed by atoms with van der Waals surface area (Å²) >= 11 is 0. The summed E-state index contributed by atoms with van der Waals surface area (Å²) in [5.74, 6) is 1.95. The number of hydrogen-bond acceptors (Lipinski definition) is 3. The van der Waals surface area contributed by atoms with Crippen molar-refractivity contribution in [2.75, 3.05) is 18.5 Å². The standard InChI is InChI=1S/C28H26FN5O/c1-3-13-33(2)24-10-7-19(8-11-24)17-32-28(35)26-16-22-15-23(29)9-12-25(22)34(26)18-20-5-4-6-21(14-20)27(30)31/h1,4-12,14-16H,13,17-18H2,2H3,(H3,30,31)(H,32,35). The molecule has 6 nitrogen and oxygen atoms in total. The van der Waals surface area contributed by atoms with Crippen molar-refractivity contribution in [3.63, 3.8) is 0 Å². The predicted octanol–water partition coefficient (Wildman–Crippen LogP) is 4.11. The Balaban J connectivity index is 1.58. The lowest BCUT2D eigenvalue weighted by Crippen LogP contribution is -2.25. The number of halogens is 1. The van der Waals surface area contributed by atoms with Gasteiger partial charge in [-0.15, -0.1) is 6.42 Å². The number of anilines is 1. The summed E-state index contributed by atoms with van der Waals surface area (Å²) in [5.41, 5.74) is 10.2. The first-order valence-electron chi connectivity index (χ1n) is 11.1. The molecule has 4 N–H and O–H groups in total. The molecule has 0 saturated carbocycles. The van der Waals surface area contributed by atoms with Crippen LogP contribution in [0.5, 0.6) is 0 Å². The van der Waals surface area contributed by atoms with Crippen LogP contribution in [-0.2, 0) is 13.1 Å². The highest BCUT2D eigenvalue weighted by Crippen LogP contribution is 2.23. The topological polar surface area (TPSA) is 87.1 Å². The summed E-state index contributed by atoms with van der Waals surface area (Å²) < 4.78 is 15.7. The number of carbonyl (C=O) groups is 1. The number of amidine groups is 1. The van der Waals surface area contributed by atoms with Crippen molar-refractivity contribution >= 4 is 28.3 Å². The summed E-state index contributed by atoms with van der Waals surface area (Å²) in [7, 11) is 1.92. The van der Waals surface area contributed by atoms with Crippen molar-refractivity contribution < 1.29 is 9.18 Å². The molecule has 0 fully saturated rings. The molecule has 1 heterocycles. The third kappa shape index (κ3) is 5.33. The number of nitrogens with one attached hydrogen (secondary N) is 2. The smallest absolute Gasteiger partial charge is 0.268 e. The van der Waals surface area contributed by atoms with E-state index < -0.39 is 0 Å². The molecule has 0 spiro atoms. The molecule has 3 aromatic carbocycles. The normalized spacial score (nSPS) is 10.7. The van der Waals surface area contributed by atoms with E-state index in [2.05, 4.69) is 11.2 Å². The monoisotopic (exact) mass is 467 g/mol. The molecule has 0 bridgehead atoms. The van der Waals surface area contributed by atoms with Crippen LogP contribution in [0.4, 0.5) is 10.1 Å². The first-order chi connectivity index (χ1) is 16.9. The van der Waals surface area contributed by atoms with E-state index in [1.165, 1.54) is 12.1 Å². The van der Waals surface area contributed by atoms with Gasteiger partial charge in [0, 0.05) is 42.3 Å². The van der Waals surface area contributed by atoms with E-state index in [0.29, 0.717) is 36.3 Å². The number of aromatic nitrogens is 1. The summed E-state index contributed by atoms with van der Waals surface area (Å²) in [6, 6.07) is 21.3. The summed E-state index contributed by atoms with van der Waals surface area (Å²) in [5, 5.41) is 11.3. The Morgan fingerprint density at radius 3 is 2.60 bits per heavy atom. The highest BCUT2D eigenvalue weighted by atomic mass is 19.1. The van der Waals surface area contributed by atoms with Gasteiger partial charge in [-0.05, 0) is 53.6 Å². The van der Waals surface area contributed by atoms with Gasteiger partial charge >= 0.3 is 0 Å². The average molecular weight is 468 g/mol. The summed E-state index contributed by atoms with van der Waals surface area (Å²) in [4.78, 5) is 15.2. The van der Waals surface area contributed by atoms with Crippen molar-refractivity contribution in [2.24, 2.45) is 5.73 Å². The SMILES string of the molecule is C#CCN(C)c1ccc(CNC(=O)c2cc3cc(F)ccc3n2Cc2cccc(C(=N)N)c2)cc1. The fourth-order valence-electron chi connectivity index (χ4n) is 3.99. The minimum absolute atomic E-state index is 0.0271. The molecule has 1 amide bonds. The molecule has 0 radical (unpaired) electrons. The lowest BCUT2D eigenvalue weighted by Gasteiger charge is -2.16. The molecule has 4 aromatic rings. The maximum Gasteiger partial charge on any atom is 0.268 e. The number of fused-ring (bicyclic) bond motifs is 1. The molecule has 0 atom stereocenters. The van der Waals surface area contributed by atoms with E-state index in [1.54, 1.807) is 18.2 Å². The van der Waals surface area contributed by atoms with E-state index in [0.717, 1.165) is 22.3 Å². The summed E-state index contributed by atoms with van der Waals surface area (Å²) in [6.45, 7) is 1.22. The molecule has 0 aliphatic carbocycles. The van der Waals surface area contributed by atoms with E-state index >= 15 is 0 Å². The Kier molecular flexibility index (Phi) is 6.83. The fraction of sp³-hybridized carbons (Fsp3) is 0.143. The number of hydrogen-bond donors (Lipinski definition) is 3. The molecule has 4 rings (SSSR count). The Bertz CT molecular complexity index is 1430. The Morgan fingerprint density at radius 2 is 1.89 bits per heavy atom. The zero-order valence-corrected chi connectivity index (χ0v) is 19.4. The van der Waals surface area contributed by atoms with Gasteiger partial charge in [-0.3, -0.25) is 10.2 Å². The number of benzene rings is 3. The van der Waals surface area contributed by atoms with Crippen LogP contribution >= 0.6 is 0 Å². The zero-order chi connectivity index (χ0) is 24.9. The van der Waals surface area contributed by atoms with Gasteiger partial charge in [0.25, 0.3) is 5.91 Å². The first kappa shape index (κ1) is 23.6. The van der Waals surface area contributed by atoms with Crippen LogP contribution in [0.3, 0.4) is 0 Å². The number of carbonyl (C=O) groups excluding carboxylic acids is 1. The highest BCUT2D eigenvalue weighted by molar-refractivity contribution is 5.99. The maximum atomic E-state index is 13.9. The van der Waals surface area contributed by atoms with Crippen molar-refractivity contribution in [1.29, 1.82) is 5.41 Å². The van der Waals surface area contributed by atoms with Crippen LogP contribution < -0.4 is 16.0 Å². The van der Waals surface area contributed by atoms with E-state index in [4.69, 9.17) is 17.6 Å². The van der Waals surface area contributed by atoms with Crippen LogP contribution in [0.2, 0.25) is 0 Å². The molecule has 0 unspecified atom stereocenters. The first-order valence-corrected chi connectivity index (χ1v) is 11.1. The number of nitrogens with zero attached hydrogens (tertiary/aromatic N) is 2. The van der Waals surface area contributed by atoms with Crippen molar-refractivity contribution in [3.05, 3.63) is 101 Å². The Labute approximate surface area is 203 Å². The second-order valence-electron chi connectivity index (χ2n) is 8.34. The second-order valence-corrected chi connectivity index (χ2v) is 8.34. The molecule has 176 valence electrons. The molecule has 0 aliphatic heterocycles. The highest BCUT2D eigenvalue weighted by Gasteiger charge is 2.17. The molecular weight excluding hydrogens is 441 g/mol. The van der Waals surface area contributed by atoms with Crippen LogP contribution in [0.15, 0.2) is 72.8 Å². The van der Waals surface area contributed by atoms with Gasteiger partial charge in [0.05, 0.1) is 6.54 Å². The van der Waals surface area contributed by atoms with Crippen molar-refractivity contribution in [2.45, 2.75) is 13.1 Å². The minimum atomic E-state index is -0.366. The third-order valence-corrected chi connectivity index (χ3v) is 5.83. The van der Waals surface area contributed by atoms with E-state index in [9.17, 15) is 9.18 Å².